The third kappa shape index (κ3) is 4.13. The molecule has 0 aliphatic carbocycles. The van der Waals surface area contributed by atoms with E-state index in [-0.39, 0.29) is 11.6 Å². The zero-order valence-corrected chi connectivity index (χ0v) is 14.5. The van der Waals surface area contributed by atoms with Crippen LogP contribution in [0, 0.1) is 10.1 Å². The predicted octanol–water partition coefficient (Wildman–Crippen LogP) is 3.62. The molecule has 1 aliphatic heterocycles. The molecular weight excluding hydrogens is 306 g/mol. The average molecular weight is 331 g/mol. The van der Waals surface area contributed by atoms with E-state index in [9.17, 15) is 14.9 Å². The Morgan fingerprint density at radius 3 is 2.54 bits per heavy atom. The van der Waals surface area contributed by atoms with Gasteiger partial charge in [-0.3, -0.25) is 14.9 Å². The Morgan fingerprint density at radius 2 is 2.00 bits per heavy atom. The molecule has 0 spiro atoms. The third-order valence-electron chi connectivity index (χ3n) is 4.25. The molecule has 6 nitrogen and oxygen atoms in total. The number of non-ortho nitro benzene ring substituents is 1. The second-order valence-electron chi connectivity index (χ2n) is 6.28. The number of nitro benzene ring substituents is 1. The molecule has 0 aromatic heterocycles. The molecule has 6 heteroatoms. The van der Waals surface area contributed by atoms with Gasteiger partial charge in [-0.15, -0.1) is 0 Å². The summed E-state index contributed by atoms with van der Waals surface area (Å²) in [5.41, 5.74) is 2.04. The average Bonchev–Trinajstić information content (AvgIpc) is 2.59. The van der Waals surface area contributed by atoms with Gasteiger partial charge in [0.05, 0.1) is 16.2 Å². The van der Waals surface area contributed by atoms with Crippen molar-refractivity contribution in [2.75, 3.05) is 31.1 Å². The summed E-state index contributed by atoms with van der Waals surface area (Å²) in [5, 5.41) is 11.1. The van der Waals surface area contributed by atoms with E-state index in [4.69, 9.17) is 0 Å². The van der Waals surface area contributed by atoms with Crippen molar-refractivity contribution in [3.63, 3.8) is 0 Å². The Kier molecular flexibility index (Phi) is 5.95. The fourth-order valence-electron chi connectivity index (χ4n) is 3.04. The molecule has 1 aromatic rings. The lowest BCUT2D eigenvalue weighted by Gasteiger charge is -2.31. The zero-order valence-electron chi connectivity index (χ0n) is 14.5. The van der Waals surface area contributed by atoms with E-state index in [1.165, 1.54) is 18.6 Å². The second kappa shape index (κ2) is 7.95. The van der Waals surface area contributed by atoms with E-state index in [2.05, 4.69) is 11.5 Å². The van der Waals surface area contributed by atoms with Gasteiger partial charge >= 0.3 is 0 Å². The summed E-state index contributed by atoms with van der Waals surface area (Å²) < 4.78 is 0. The lowest BCUT2D eigenvalue weighted by Crippen LogP contribution is -2.35. The number of carbonyl (C=O) groups is 1. The minimum atomic E-state index is -0.453. The van der Waals surface area contributed by atoms with E-state index < -0.39 is 4.92 Å². The van der Waals surface area contributed by atoms with E-state index >= 15 is 0 Å². The highest BCUT2D eigenvalue weighted by atomic mass is 16.6. The number of anilines is 1. The van der Waals surface area contributed by atoms with Crippen LogP contribution in [-0.2, 0) is 0 Å². The minimum absolute atomic E-state index is 0.0505. The molecule has 1 saturated heterocycles. The zero-order chi connectivity index (χ0) is 17.7. The largest absolute Gasteiger partial charge is 0.371 e. The smallest absolute Gasteiger partial charge is 0.270 e. The lowest BCUT2D eigenvalue weighted by atomic mass is 10.0. The van der Waals surface area contributed by atoms with Crippen LogP contribution in [0.4, 0.5) is 11.4 Å². The summed E-state index contributed by atoms with van der Waals surface area (Å²) >= 11 is 0. The molecule has 1 heterocycles. The van der Waals surface area contributed by atoms with Gasteiger partial charge in [-0.25, -0.2) is 0 Å². The highest BCUT2D eigenvalue weighted by molar-refractivity contribution is 6.00. The molecule has 1 aromatic carbocycles. The van der Waals surface area contributed by atoms with Crippen molar-refractivity contribution in [3.8, 4) is 0 Å². The first-order valence-corrected chi connectivity index (χ1v) is 8.41. The number of piperidine rings is 1. The van der Waals surface area contributed by atoms with Crippen molar-refractivity contribution >= 4 is 17.3 Å². The van der Waals surface area contributed by atoms with Crippen LogP contribution in [0.25, 0.3) is 0 Å². The molecule has 1 fully saturated rings. The van der Waals surface area contributed by atoms with Crippen LogP contribution in [0.1, 0.15) is 43.5 Å². The van der Waals surface area contributed by atoms with Gasteiger partial charge in [0.15, 0.2) is 0 Å². The molecule has 1 amide bonds. The van der Waals surface area contributed by atoms with Gasteiger partial charge in [0.1, 0.15) is 0 Å². The SMILES string of the molecule is C=C(C)CN(CC)C(=O)c1cc([N+](=O)[O-])ccc1N1CCCCC1. The summed E-state index contributed by atoms with van der Waals surface area (Å²) in [6, 6.07) is 4.61. The molecular formula is C18H25N3O3. The van der Waals surface area contributed by atoms with Crippen molar-refractivity contribution in [3.05, 3.63) is 46.0 Å². The van der Waals surface area contributed by atoms with Crippen molar-refractivity contribution in [2.24, 2.45) is 0 Å². The Balaban J connectivity index is 2.42. The normalized spacial score (nSPS) is 14.3. The molecule has 2 rings (SSSR count). The standard InChI is InChI=1S/C18H25N3O3/c1-4-19(13-14(2)3)18(22)16-12-15(21(23)24)8-9-17(16)20-10-6-5-7-11-20/h8-9,12H,2,4-7,10-11,13H2,1,3H3. The lowest BCUT2D eigenvalue weighted by molar-refractivity contribution is -0.384. The number of benzene rings is 1. The summed E-state index contributed by atoms with van der Waals surface area (Å²) in [4.78, 5) is 27.5. The van der Waals surface area contributed by atoms with Crippen LogP contribution in [-0.4, -0.2) is 41.9 Å². The number of nitro groups is 1. The fourth-order valence-corrected chi connectivity index (χ4v) is 3.04. The quantitative estimate of drug-likeness (QED) is 0.453. The van der Waals surface area contributed by atoms with Crippen LogP contribution in [0.3, 0.4) is 0 Å². The molecule has 0 unspecified atom stereocenters. The Hall–Kier alpha value is -2.37. The van der Waals surface area contributed by atoms with E-state index in [0.29, 0.717) is 18.7 Å². The minimum Gasteiger partial charge on any atom is -0.371 e. The van der Waals surface area contributed by atoms with Crippen molar-refractivity contribution < 1.29 is 9.72 Å². The van der Waals surface area contributed by atoms with Gasteiger partial charge in [0.25, 0.3) is 11.6 Å². The molecule has 1 aliphatic rings. The maximum absolute atomic E-state index is 13.0. The number of rotatable bonds is 6. The summed E-state index contributed by atoms with van der Waals surface area (Å²) in [6.07, 6.45) is 3.34. The van der Waals surface area contributed by atoms with Gasteiger partial charge in [0, 0.05) is 38.3 Å². The second-order valence-corrected chi connectivity index (χ2v) is 6.28. The van der Waals surface area contributed by atoms with Gasteiger partial charge in [-0.05, 0) is 39.2 Å². The first-order valence-electron chi connectivity index (χ1n) is 8.41. The van der Waals surface area contributed by atoms with Crippen molar-refractivity contribution in [1.29, 1.82) is 0 Å². The molecule has 0 bridgehead atoms. The molecule has 24 heavy (non-hydrogen) atoms. The fraction of sp³-hybridized carbons (Fsp3) is 0.500. The van der Waals surface area contributed by atoms with Crippen LogP contribution in [0.2, 0.25) is 0 Å². The summed E-state index contributed by atoms with van der Waals surface area (Å²) in [5.74, 6) is -0.176. The third-order valence-corrected chi connectivity index (χ3v) is 4.25. The first kappa shape index (κ1) is 18.0. The Bertz CT molecular complexity index is 636. The van der Waals surface area contributed by atoms with Crippen LogP contribution >= 0.6 is 0 Å². The molecule has 0 radical (unpaired) electrons. The van der Waals surface area contributed by atoms with Gasteiger partial charge < -0.3 is 9.80 Å². The first-order chi connectivity index (χ1) is 11.4. The molecule has 0 saturated carbocycles. The number of likely N-dealkylation sites (N-methyl/N-ethyl adjacent to an activating group) is 1. The van der Waals surface area contributed by atoms with E-state index in [1.807, 2.05) is 13.8 Å². The monoisotopic (exact) mass is 331 g/mol. The van der Waals surface area contributed by atoms with E-state index in [0.717, 1.165) is 37.2 Å². The number of amides is 1. The van der Waals surface area contributed by atoms with Gasteiger partial charge in [-0.2, -0.15) is 0 Å². The summed E-state index contributed by atoms with van der Waals surface area (Å²) in [6.45, 7) is 10.4. The number of hydrogen-bond acceptors (Lipinski definition) is 4. The van der Waals surface area contributed by atoms with Crippen LogP contribution in [0.5, 0.6) is 0 Å². The Morgan fingerprint density at radius 1 is 1.33 bits per heavy atom. The Labute approximate surface area is 142 Å². The van der Waals surface area contributed by atoms with Gasteiger partial charge in [0.2, 0.25) is 0 Å². The number of nitrogens with zero attached hydrogens (tertiary/aromatic N) is 3. The highest BCUT2D eigenvalue weighted by Gasteiger charge is 2.24. The molecule has 130 valence electrons. The van der Waals surface area contributed by atoms with E-state index in [1.54, 1.807) is 11.0 Å². The maximum atomic E-state index is 13.0. The van der Waals surface area contributed by atoms with Gasteiger partial charge in [-0.1, -0.05) is 12.2 Å². The van der Waals surface area contributed by atoms with Crippen LogP contribution < -0.4 is 4.90 Å². The maximum Gasteiger partial charge on any atom is 0.270 e. The molecule has 0 N–H and O–H groups in total. The number of hydrogen-bond donors (Lipinski definition) is 0. The van der Waals surface area contributed by atoms with Crippen molar-refractivity contribution in [2.45, 2.75) is 33.1 Å². The number of carbonyl (C=O) groups excluding carboxylic acids is 1. The highest BCUT2D eigenvalue weighted by Crippen LogP contribution is 2.29. The van der Waals surface area contributed by atoms with Crippen LogP contribution in [0.15, 0.2) is 30.4 Å². The molecule has 0 atom stereocenters. The predicted molar refractivity (Wildman–Crippen MR) is 95.6 cm³/mol. The van der Waals surface area contributed by atoms with Crippen molar-refractivity contribution in [1.82, 2.24) is 4.90 Å². The summed E-state index contributed by atoms with van der Waals surface area (Å²) in [7, 11) is 0. The topological polar surface area (TPSA) is 66.7 Å².